The molecule has 0 aliphatic rings. The molecule has 0 saturated heterocycles. The SMILES string of the molecule is C=C(C)CCOc1c(C)cc(CNCCC)cc1C. The second-order valence-corrected chi connectivity index (χ2v) is 5.29. The van der Waals surface area contributed by atoms with Gasteiger partial charge in [0.2, 0.25) is 0 Å². The average molecular weight is 261 g/mol. The van der Waals surface area contributed by atoms with Crippen LogP contribution in [0.1, 0.15) is 43.4 Å². The standard InChI is InChI=1S/C17H27NO/c1-6-8-18-12-16-10-14(4)17(15(5)11-16)19-9-7-13(2)3/h10-11,18H,2,6-9,12H2,1,3-5H3. The summed E-state index contributed by atoms with van der Waals surface area (Å²) >= 11 is 0. The predicted octanol–water partition coefficient (Wildman–Crippen LogP) is 4.15. The molecule has 0 spiro atoms. The lowest BCUT2D eigenvalue weighted by molar-refractivity contribution is 0.317. The topological polar surface area (TPSA) is 21.3 Å². The zero-order chi connectivity index (χ0) is 14.3. The van der Waals surface area contributed by atoms with Gasteiger partial charge >= 0.3 is 0 Å². The summed E-state index contributed by atoms with van der Waals surface area (Å²) in [5, 5.41) is 3.43. The van der Waals surface area contributed by atoms with E-state index >= 15 is 0 Å². The highest BCUT2D eigenvalue weighted by molar-refractivity contribution is 5.43. The van der Waals surface area contributed by atoms with Gasteiger partial charge in [-0.15, -0.1) is 6.58 Å². The van der Waals surface area contributed by atoms with Crippen molar-refractivity contribution in [3.05, 3.63) is 41.0 Å². The average Bonchev–Trinajstić information content (AvgIpc) is 2.32. The molecule has 0 aliphatic heterocycles. The maximum absolute atomic E-state index is 5.88. The van der Waals surface area contributed by atoms with Crippen LogP contribution in [0.3, 0.4) is 0 Å². The molecule has 1 aromatic carbocycles. The van der Waals surface area contributed by atoms with Gasteiger partial charge in [0.15, 0.2) is 0 Å². The van der Waals surface area contributed by atoms with Crippen molar-refractivity contribution in [2.24, 2.45) is 0 Å². The van der Waals surface area contributed by atoms with Gasteiger partial charge < -0.3 is 10.1 Å². The maximum Gasteiger partial charge on any atom is 0.125 e. The minimum atomic E-state index is 0.713. The number of hydrogen-bond donors (Lipinski definition) is 1. The lowest BCUT2D eigenvalue weighted by Crippen LogP contribution is -2.14. The first-order valence-corrected chi connectivity index (χ1v) is 7.12. The molecular formula is C17H27NO. The maximum atomic E-state index is 5.88. The molecule has 2 heteroatoms. The summed E-state index contributed by atoms with van der Waals surface area (Å²) in [6.07, 6.45) is 2.08. The minimum absolute atomic E-state index is 0.713. The Balaban J connectivity index is 2.65. The minimum Gasteiger partial charge on any atom is -0.493 e. The number of ether oxygens (including phenoxy) is 1. The molecule has 0 amide bonds. The first-order chi connectivity index (χ1) is 9.04. The van der Waals surface area contributed by atoms with Crippen LogP contribution in [-0.4, -0.2) is 13.2 Å². The second-order valence-electron chi connectivity index (χ2n) is 5.29. The number of hydrogen-bond acceptors (Lipinski definition) is 2. The number of benzene rings is 1. The molecule has 1 rings (SSSR count). The van der Waals surface area contributed by atoms with E-state index in [1.54, 1.807) is 0 Å². The van der Waals surface area contributed by atoms with Gasteiger partial charge in [-0.25, -0.2) is 0 Å². The van der Waals surface area contributed by atoms with Crippen LogP contribution in [0, 0.1) is 13.8 Å². The first-order valence-electron chi connectivity index (χ1n) is 7.12. The fraction of sp³-hybridized carbons (Fsp3) is 0.529. The van der Waals surface area contributed by atoms with E-state index in [0.29, 0.717) is 6.61 Å². The molecule has 0 fully saturated rings. The Morgan fingerprint density at radius 1 is 1.26 bits per heavy atom. The highest BCUT2D eigenvalue weighted by atomic mass is 16.5. The van der Waals surface area contributed by atoms with Crippen LogP contribution in [0.5, 0.6) is 5.75 Å². The zero-order valence-electron chi connectivity index (χ0n) is 12.8. The van der Waals surface area contributed by atoms with E-state index < -0.39 is 0 Å². The van der Waals surface area contributed by atoms with Crippen LogP contribution in [0.2, 0.25) is 0 Å². The molecule has 0 aromatic heterocycles. The van der Waals surface area contributed by atoms with Crippen molar-refractivity contribution in [3.8, 4) is 5.75 Å². The van der Waals surface area contributed by atoms with Crippen molar-refractivity contribution in [1.82, 2.24) is 5.32 Å². The van der Waals surface area contributed by atoms with Gasteiger partial charge in [0.25, 0.3) is 0 Å². The van der Waals surface area contributed by atoms with Crippen molar-refractivity contribution in [2.75, 3.05) is 13.2 Å². The van der Waals surface area contributed by atoms with Crippen molar-refractivity contribution in [2.45, 2.75) is 47.1 Å². The van der Waals surface area contributed by atoms with Gasteiger partial charge in [-0.05, 0) is 50.4 Å². The Hall–Kier alpha value is -1.28. The third-order valence-corrected chi connectivity index (χ3v) is 3.05. The summed E-state index contributed by atoms with van der Waals surface area (Å²) < 4.78 is 5.88. The molecule has 1 N–H and O–H groups in total. The second kappa shape index (κ2) is 8.00. The van der Waals surface area contributed by atoms with E-state index in [0.717, 1.165) is 30.8 Å². The molecule has 0 heterocycles. The third-order valence-electron chi connectivity index (χ3n) is 3.05. The summed E-state index contributed by atoms with van der Waals surface area (Å²) in [7, 11) is 0. The quantitative estimate of drug-likeness (QED) is 0.561. The molecular weight excluding hydrogens is 234 g/mol. The molecule has 19 heavy (non-hydrogen) atoms. The van der Waals surface area contributed by atoms with Gasteiger partial charge in [-0.3, -0.25) is 0 Å². The molecule has 1 aromatic rings. The largest absolute Gasteiger partial charge is 0.493 e. The van der Waals surface area contributed by atoms with Gasteiger partial charge in [0.1, 0.15) is 5.75 Å². The molecule has 0 atom stereocenters. The Bertz CT molecular complexity index is 400. The lowest BCUT2D eigenvalue weighted by atomic mass is 10.1. The predicted molar refractivity (Wildman–Crippen MR) is 82.8 cm³/mol. The number of nitrogens with one attached hydrogen (secondary N) is 1. The van der Waals surface area contributed by atoms with Crippen LogP contribution in [0.25, 0.3) is 0 Å². The fourth-order valence-corrected chi connectivity index (χ4v) is 2.11. The summed E-state index contributed by atoms with van der Waals surface area (Å²) in [4.78, 5) is 0. The van der Waals surface area contributed by atoms with E-state index in [-0.39, 0.29) is 0 Å². The van der Waals surface area contributed by atoms with Crippen molar-refractivity contribution in [1.29, 1.82) is 0 Å². The third kappa shape index (κ3) is 5.48. The Morgan fingerprint density at radius 3 is 2.42 bits per heavy atom. The van der Waals surface area contributed by atoms with Crippen LogP contribution < -0.4 is 10.1 Å². The van der Waals surface area contributed by atoms with E-state index in [4.69, 9.17) is 4.74 Å². The highest BCUT2D eigenvalue weighted by Gasteiger charge is 2.06. The summed E-state index contributed by atoms with van der Waals surface area (Å²) in [6.45, 7) is 15.1. The van der Waals surface area contributed by atoms with Crippen LogP contribution >= 0.6 is 0 Å². The van der Waals surface area contributed by atoms with E-state index in [1.165, 1.54) is 23.1 Å². The van der Waals surface area contributed by atoms with Crippen LogP contribution in [-0.2, 0) is 6.54 Å². The molecule has 0 bridgehead atoms. The van der Waals surface area contributed by atoms with Crippen molar-refractivity contribution in [3.63, 3.8) is 0 Å². The van der Waals surface area contributed by atoms with Crippen molar-refractivity contribution < 1.29 is 4.74 Å². The number of aryl methyl sites for hydroxylation is 2. The molecule has 2 nitrogen and oxygen atoms in total. The Kier molecular flexibility index (Phi) is 6.65. The highest BCUT2D eigenvalue weighted by Crippen LogP contribution is 2.25. The summed E-state index contributed by atoms with van der Waals surface area (Å²) in [5.74, 6) is 1.03. The van der Waals surface area contributed by atoms with Crippen LogP contribution in [0.4, 0.5) is 0 Å². The Morgan fingerprint density at radius 2 is 1.89 bits per heavy atom. The molecule has 0 radical (unpaired) electrons. The van der Waals surface area contributed by atoms with Gasteiger partial charge in [0, 0.05) is 13.0 Å². The smallest absolute Gasteiger partial charge is 0.125 e. The van der Waals surface area contributed by atoms with E-state index in [2.05, 4.69) is 44.8 Å². The molecule has 106 valence electrons. The fourth-order valence-electron chi connectivity index (χ4n) is 2.11. The normalized spacial score (nSPS) is 10.5. The zero-order valence-corrected chi connectivity index (χ0v) is 12.8. The first kappa shape index (κ1) is 15.8. The van der Waals surface area contributed by atoms with Crippen LogP contribution in [0.15, 0.2) is 24.3 Å². The summed E-state index contributed by atoms with van der Waals surface area (Å²) in [6, 6.07) is 4.43. The van der Waals surface area contributed by atoms with Gasteiger partial charge in [0.05, 0.1) is 6.61 Å². The number of rotatable bonds is 8. The molecule has 0 saturated carbocycles. The Labute approximate surface area is 117 Å². The van der Waals surface area contributed by atoms with E-state index in [9.17, 15) is 0 Å². The molecule has 0 aliphatic carbocycles. The summed E-state index contributed by atoms with van der Waals surface area (Å²) in [5.41, 5.74) is 4.93. The van der Waals surface area contributed by atoms with Gasteiger partial charge in [-0.2, -0.15) is 0 Å². The van der Waals surface area contributed by atoms with Gasteiger partial charge in [-0.1, -0.05) is 24.6 Å². The van der Waals surface area contributed by atoms with Crippen molar-refractivity contribution >= 4 is 0 Å². The lowest BCUT2D eigenvalue weighted by Gasteiger charge is -2.14. The van der Waals surface area contributed by atoms with E-state index in [1.807, 2.05) is 6.92 Å². The monoisotopic (exact) mass is 261 g/mol. The molecule has 0 unspecified atom stereocenters.